The van der Waals surface area contributed by atoms with E-state index in [1.54, 1.807) is 27.7 Å². The van der Waals surface area contributed by atoms with Gasteiger partial charge in [0.15, 0.2) is 29.4 Å². The van der Waals surface area contributed by atoms with Gasteiger partial charge in [-0.15, -0.1) is 0 Å². The summed E-state index contributed by atoms with van der Waals surface area (Å²) in [5.74, 6) is -4.38. The van der Waals surface area contributed by atoms with Gasteiger partial charge in [0.25, 0.3) is 0 Å². The lowest BCUT2D eigenvalue weighted by atomic mass is 9.45. The normalized spacial score (nSPS) is 41.9. The maximum absolute atomic E-state index is 17.2. The molecule has 0 aliphatic heterocycles. The molecule has 8 heteroatoms. The van der Waals surface area contributed by atoms with E-state index in [0.29, 0.717) is 24.8 Å². The number of fused-ring (bicyclic) bond motifs is 5. The van der Waals surface area contributed by atoms with Crippen molar-refractivity contribution >= 4 is 29.3 Å². The summed E-state index contributed by atoms with van der Waals surface area (Å²) in [5.41, 5.74) is -5.77. The molecule has 0 aromatic carbocycles. The fraction of sp³-hybridized carbons (Fsp3) is 0.667. The first-order valence-corrected chi connectivity index (χ1v) is 12.3. The Hall–Kier alpha value is -2.64. The van der Waals surface area contributed by atoms with Crippen molar-refractivity contribution in [1.82, 2.24) is 0 Å². The van der Waals surface area contributed by atoms with Gasteiger partial charge >= 0.3 is 11.9 Å². The number of halogens is 1. The second-order valence-electron chi connectivity index (χ2n) is 11.0. The number of rotatable bonds is 5. The topological polar surface area (TPSA) is 104 Å². The van der Waals surface area contributed by atoms with E-state index in [0.717, 1.165) is 0 Å². The lowest BCUT2D eigenvalue weighted by Gasteiger charge is -2.59. The third-order valence-electron chi connectivity index (χ3n) is 9.33. The van der Waals surface area contributed by atoms with Crippen LogP contribution in [0, 0.1) is 28.6 Å². The third-order valence-corrected chi connectivity index (χ3v) is 9.33. The van der Waals surface area contributed by atoms with E-state index >= 15 is 4.39 Å². The summed E-state index contributed by atoms with van der Waals surface area (Å²) < 4.78 is 28.1. The molecular weight excluding hydrogens is 455 g/mol. The Kier molecular flexibility index (Phi) is 5.97. The SMILES string of the molecule is CCC(=O)O[C@]1(C(=O)COC(C)=O)[C@@H](C)CC2C3CCC4=CC(=O)C=C[C@]4(C)[C@@]3(F)C(=O)C[C@@]21C. The molecule has 7 atom stereocenters. The van der Waals surface area contributed by atoms with Gasteiger partial charge in [-0.2, -0.15) is 0 Å². The summed E-state index contributed by atoms with van der Waals surface area (Å²) in [4.78, 5) is 63.5. The van der Waals surface area contributed by atoms with E-state index in [-0.39, 0.29) is 18.6 Å². The van der Waals surface area contributed by atoms with Gasteiger partial charge in [-0.25, -0.2) is 4.39 Å². The average molecular weight is 489 g/mol. The standard InChI is InChI=1S/C27H33FO7/c1-6-23(33)35-27(22(32)14-34-16(3)29)15(2)11-20-19-8-7-17-12-18(30)9-10-24(17,4)26(19,28)21(31)13-25(20,27)5/h9-10,12,15,19-20H,6-8,11,13-14H2,1-5H3/t15-,19?,20?,24-,25-,26-,27-/m0/s1. The zero-order valence-electron chi connectivity index (χ0n) is 20.9. The Morgan fingerprint density at radius 3 is 2.49 bits per heavy atom. The third kappa shape index (κ3) is 3.24. The van der Waals surface area contributed by atoms with Gasteiger partial charge in [-0.3, -0.25) is 24.0 Å². The number of hydrogen-bond donors (Lipinski definition) is 0. The van der Waals surface area contributed by atoms with Crippen LogP contribution < -0.4 is 0 Å². The van der Waals surface area contributed by atoms with E-state index < -0.39 is 70.0 Å². The molecule has 4 aliphatic rings. The van der Waals surface area contributed by atoms with Crippen molar-refractivity contribution in [1.29, 1.82) is 0 Å². The van der Waals surface area contributed by atoms with Crippen LogP contribution in [0.3, 0.4) is 0 Å². The molecule has 0 amide bonds. The van der Waals surface area contributed by atoms with Gasteiger partial charge in [0.1, 0.15) is 0 Å². The summed E-state index contributed by atoms with van der Waals surface area (Å²) in [6.45, 7) is 7.38. The van der Waals surface area contributed by atoms with Crippen molar-refractivity contribution in [2.75, 3.05) is 6.61 Å². The highest BCUT2D eigenvalue weighted by Gasteiger charge is 2.77. The zero-order chi connectivity index (χ0) is 26.0. The summed E-state index contributed by atoms with van der Waals surface area (Å²) in [6, 6.07) is 0. The van der Waals surface area contributed by atoms with Crippen molar-refractivity contribution in [3.05, 3.63) is 23.8 Å². The first-order valence-electron chi connectivity index (χ1n) is 12.3. The highest BCUT2D eigenvalue weighted by Crippen LogP contribution is 2.70. The average Bonchev–Trinajstić information content (AvgIpc) is 3.00. The molecule has 35 heavy (non-hydrogen) atoms. The van der Waals surface area contributed by atoms with E-state index in [4.69, 9.17) is 9.47 Å². The fourth-order valence-corrected chi connectivity index (χ4v) is 7.65. The Balaban J connectivity index is 1.83. The molecule has 0 N–H and O–H groups in total. The minimum absolute atomic E-state index is 0.0194. The fourth-order valence-electron chi connectivity index (χ4n) is 7.65. The largest absolute Gasteiger partial charge is 0.458 e. The van der Waals surface area contributed by atoms with E-state index in [1.165, 1.54) is 25.2 Å². The molecule has 2 unspecified atom stereocenters. The summed E-state index contributed by atoms with van der Waals surface area (Å²) in [6.07, 6.45) is 5.17. The minimum Gasteiger partial charge on any atom is -0.458 e. The Morgan fingerprint density at radius 2 is 1.86 bits per heavy atom. The quantitative estimate of drug-likeness (QED) is 0.544. The Morgan fingerprint density at radius 1 is 1.17 bits per heavy atom. The smallest absolute Gasteiger partial charge is 0.306 e. The molecule has 0 saturated heterocycles. The van der Waals surface area contributed by atoms with Crippen LogP contribution in [0.4, 0.5) is 4.39 Å². The Bertz CT molecular complexity index is 1080. The lowest BCUT2D eigenvalue weighted by molar-refractivity contribution is -0.204. The second-order valence-corrected chi connectivity index (χ2v) is 11.0. The molecule has 0 spiro atoms. The molecule has 0 aromatic rings. The molecular formula is C27H33FO7. The number of hydrogen-bond acceptors (Lipinski definition) is 7. The second kappa shape index (κ2) is 8.20. The van der Waals surface area contributed by atoms with E-state index in [9.17, 15) is 24.0 Å². The summed E-state index contributed by atoms with van der Waals surface area (Å²) >= 11 is 0. The number of alkyl halides is 1. The van der Waals surface area contributed by atoms with Crippen LogP contribution in [-0.4, -0.2) is 47.2 Å². The van der Waals surface area contributed by atoms with Gasteiger partial charge in [0.2, 0.25) is 5.78 Å². The minimum atomic E-state index is -2.25. The summed E-state index contributed by atoms with van der Waals surface area (Å²) in [7, 11) is 0. The number of allylic oxidation sites excluding steroid dienone is 4. The monoisotopic (exact) mass is 488 g/mol. The first kappa shape index (κ1) is 25.5. The van der Waals surface area contributed by atoms with Crippen LogP contribution in [0.2, 0.25) is 0 Å². The molecule has 190 valence electrons. The molecule has 3 saturated carbocycles. The lowest BCUT2D eigenvalue weighted by Crippen LogP contribution is -2.68. The van der Waals surface area contributed by atoms with Gasteiger partial charge in [0.05, 0.1) is 0 Å². The van der Waals surface area contributed by atoms with Gasteiger partial charge in [-0.1, -0.05) is 32.4 Å². The molecule has 0 bridgehead atoms. The highest BCUT2D eigenvalue weighted by atomic mass is 19.1. The van der Waals surface area contributed by atoms with Crippen LogP contribution in [0.25, 0.3) is 0 Å². The maximum atomic E-state index is 17.2. The number of Topliss-reactive ketones (excluding diaryl/α,β-unsaturated/α-hetero) is 2. The van der Waals surface area contributed by atoms with E-state index in [1.807, 2.05) is 0 Å². The predicted molar refractivity (Wildman–Crippen MR) is 123 cm³/mol. The molecule has 0 heterocycles. The molecule has 4 aliphatic carbocycles. The molecule has 0 radical (unpaired) electrons. The molecule has 3 fully saturated rings. The first-order chi connectivity index (χ1) is 16.3. The van der Waals surface area contributed by atoms with Crippen molar-refractivity contribution < 1.29 is 37.8 Å². The van der Waals surface area contributed by atoms with Crippen molar-refractivity contribution in [2.24, 2.45) is 28.6 Å². The van der Waals surface area contributed by atoms with Gasteiger partial charge in [-0.05, 0) is 44.3 Å². The number of carbonyl (C=O) groups excluding carboxylic acids is 5. The van der Waals surface area contributed by atoms with Crippen molar-refractivity contribution in [3.63, 3.8) is 0 Å². The van der Waals surface area contributed by atoms with Crippen molar-refractivity contribution in [2.45, 2.75) is 78.0 Å². The highest BCUT2D eigenvalue weighted by molar-refractivity contribution is 6.03. The molecule has 4 rings (SSSR count). The number of carbonyl (C=O) groups is 5. The van der Waals surface area contributed by atoms with Crippen LogP contribution in [0.1, 0.15) is 66.7 Å². The summed E-state index contributed by atoms with van der Waals surface area (Å²) in [5, 5.41) is 0. The Labute approximate surface area is 204 Å². The van der Waals surface area contributed by atoms with Crippen LogP contribution >= 0.6 is 0 Å². The number of ether oxygens (including phenoxy) is 2. The van der Waals surface area contributed by atoms with Gasteiger partial charge in [0, 0.05) is 42.4 Å². The molecule has 7 nitrogen and oxygen atoms in total. The maximum Gasteiger partial charge on any atom is 0.306 e. The van der Waals surface area contributed by atoms with Crippen molar-refractivity contribution in [3.8, 4) is 0 Å². The van der Waals surface area contributed by atoms with Crippen LogP contribution in [-0.2, 0) is 33.4 Å². The molecule has 0 aromatic heterocycles. The van der Waals surface area contributed by atoms with Gasteiger partial charge < -0.3 is 9.47 Å². The van der Waals surface area contributed by atoms with Crippen LogP contribution in [0.15, 0.2) is 23.8 Å². The number of ketones is 3. The van der Waals surface area contributed by atoms with Crippen LogP contribution in [0.5, 0.6) is 0 Å². The predicted octanol–water partition coefficient (Wildman–Crippen LogP) is 3.64. The zero-order valence-corrected chi connectivity index (χ0v) is 20.9. The number of esters is 2. The van der Waals surface area contributed by atoms with E-state index in [2.05, 4.69) is 0 Å².